The van der Waals surface area contributed by atoms with Crippen LogP contribution in [0, 0.1) is 0 Å². The zero-order valence-electron chi connectivity index (χ0n) is 14.4. The van der Waals surface area contributed by atoms with Crippen LogP contribution in [0.3, 0.4) is 0 Å². The summed E-state index contributed by atoms with van der Waals surface area (Å²) in [6.07, 6.45) is 1.93. The molecule has 0 aromatic carbocycles. The number of carbonyl (C=O) groups is 1. The van der Waals surface area contributed by atoms with Gasteiger partial charge in [-0.3, -0.25) is 9.69 Å². The van der Waals surface area contributed by atoms with Crippen LogP contribution in [0.25, 0.3) is 0 Å². The molecule has 0 saturated carbocycles. The van der Waals surface area contributed by atoms with Gasteiger partial charge in [-0.15, -0.1) is 0 Å². The summed E-state index contributed by atoms with van der Waals surface area (Å²) < 4.78 is 19.1. The van der Waals surface area contributed by atoms with Gasteiger partial charge in [0.25, 0.3) is 0 Å². The second kappa shape index (κ2) is 6.88. The summed E-state index contributed by atoms with van der Waals surface area (Å²) in [5, 5.41) is 0. The monoisotopic (exact) mass is 337 g/mol. The van der Waals surface area contributed by atoms with E-state index in [4.69, 9.17) is 4.74 Å². The Kier molecular flexibility index (Phi) is 4.84. The van der Waals surface area contributed by atoms with E-state index in [0.717, 1.165) is 5.82 Å². The first kappa shape index (κ1) is 16.9. The Morgan fingerprint density at radius 1 is 1.42 bits per heavy atom. The van der Waals surface area contributed by atoms with Gasteiger partial charge in [0.2, 0.25) is 5.95 Å². The molecule has 2 saturated heterocycles. The van der Waals surface area contributed by atoms with Gasteiger partial charge in [-0.25, -0.2) is 9.37 Å². The number of hydrogen-bond donors (Lipinski definition) is 0. The van der Waals surface area contributed by atoms with Gasteiger partial charge in [-0.1, -0.05) is 0 Å². The maximum atomic E-state index is 14.1. The molecule has 1 aromatic rings. The molecule has 3 atom stereocenters. The van der Waals surface area contributed by atoms with Crippen molar-refractivity contribution >= 4 is 17.7 Å². The molecule has 7 nitrogen and oxygen atoms in total. The molecule has 2 fully saturated rings. The van der Waals surface area contributed by atoms with E-state index in [1.807, 2.05) is 41.9 Å². The molecule has 0 aliphatic carbocycles. The number of aromatic nitrogens is 2. The Morgan fingerprint density at radius 2 is 2.21 bits per heavy atom. The van der Waals surface area contributed by atoms with Crippen molar-refractivity contribution in [2.45, 2.75) is 31.1 Å². The van der Waals surface area contributed by atoms with E-state index in [0.29, 0.717) is 38.5 Å². The molecule has 8 heteroatoms. The van der Waals surface area contributed by atoms with E-state index in [9.17, 15) is 9.18 Å². The van der Waals surface area contributed by atoms with E-state index in [1.165, 1.54) is 0 Å². The average molecular weight is 337 g/mol. The third-order valence-electron chi connectivity index (χ3n) is 4.62. The number of ether oxygens (including phenoxy) is 1. The zero-order chi connectivity index (χ0) is 17.3. The highest BCUT2D eigenvalue weighted by Crippen LogP contribution is 2.28. The minimum atomic E-state index is -0.892. The number of likely N-dealkylation sites (N-methyl/N-ethyl adjacent to an activating group) is 1. The molecule has 2 aliphatic heterocycles. The van der Waals surface area contributed by atoms with Crippen molar-refractivity contribution in [1.29, 1.82) is 0 Å². The second-order valence-corrected chi connectivity index (χ2v) is 6.66. The Hall–Kier alpha value is -1.96. The van der Waals surface area contributed by atoms with Gasteiger partial charge in [0.1, 0.15) is 18.0 Å². The molecule has 132 valence electrons. The van der Waals surface area contributed by atoms with Crippen molar-refractivity contribution in [3.05, 3.63) is 12.3 Å². The molecule has 0 bridgehead atoms. The van der Waals surface area contributed by atoms with Gasteiger partial charge in [0, 0.05) is 45.7 Å². The predicted molar refractivity (Wildman–Crippen MR) is 89.0 cm³/mol. The lowest BCUT2D eigenvalue weighted by molar-refractivity contribution is -0.142. The lowest BCUT2D eigenvalue weighted by Gasteiger charge is -2.31. The van der Waals surface area contributed by atoms with Gasteiger partial charge in [-0.2, -0.15) is 4.98 Å². The van der Waals surface area contributed by atoms with E-state index in [1.54, 1.807) is 6.20 Å². The van der Waals surface area contributed by atoms with Crippen molar-refractivity contribution in [1.82, 2.24) is 14.9 Å². The number of rotatable bonds is 5. The van der Waals surface area contributed by atoms with Gasteiger partial charge in [0.05, 0.1) is 13.2 Å². The number of carbonyl (C=O) groups excluding carboxylic acids is 1. The van der Waals surface area contributed by atoms with E-state index >= 15 is 0 Å². The van der Waals surface area contributed by atoms with Crippen molar-refractivity contribution < 1.29 is 13.9 Å². The predicted octanol–water partition coefficient (Wildman–Crippen LogP) is 0.707. The maximum Gasteiger partial charge on any atom is 0.323 e. The second-order valence-electron chi connectivity index (χ2n) is 6.66. The molecule has 0 N–H and O–H groups in total. The van der Waals surface area contributed by atoms with Crippen molar-refractivity contribution in [2.24, 2.45) is 0 Å². The van der Waals surface area contributed by atoms with Crippen molar-refractivity contribution in [3.8, 4) is 0 Å². The minimum Gasteiger partial charge on any atom is -0.464 e. The van der Waals surface area contributed by atoms with Crippen molar-refractivity contribution in [2.75, 3.05) is 50.6 Å². The molecular formula is C16H24FN5O2. The highest BCUT2D eigenvalue weighted by molar-refractivity contribution is 5.77. The molecule has 3 rings (SSSR count). The first-order chi connectivity index (χ1) is 11.5. The lowest BCUT2D eigenvalue weighted by atomic mass is 10.1. The molecule has 0 radical (unpaired) electrons. The van der Waals surface area contributed by atoms with Crippen LogP contribution in [0.4, 0.5) is 16.2 Å². The van der Waals surface area contributed by atoms with Crippen LogP contribution in [-0.4, -0.2) is 79.9 Å². The van der Waals surface area contributed by atoms with E-state index in [2.05, 4.69) is 9.97 Å². The van der Waals surface area contributed by atoms with Crippen LogP contribution < -0.4 is 9.80 Å². The first-order valence-electron chi connectivity index (χ1n) is 8.23. The topological polar surface area (TPSA) is 61.8 Å². The number of esters is 1. The van der Waals surface area contributed by atoms with Crippen LogP contribution >= 0.6 is 0 Å². The van der Waals surface area contributed by atoms with Crippen LogP contribution in [-0.2, 0) is 9.53 Å². The zero-order valence-corrected chi connectivity index (χ0v) is 14.4. The summed E-state index contributed by atoms with van der Waals surface area (Å²) in [5.41, 5.74) is 0. The third kappa shape index (κ3) is 3.43. The summed E-state index contributed by atoms with van der Waals surface area (Å²) in [6, 6.07) is 1.55. The average Bonchev–Trinajstić information content (AvgIpc) is 3.13. The third-order valence-corrected chi connectivity index (χ3v) is 4.62. The van der Waals surface area contributed by atoms with E-state index < -0.39 is 6.17 Å². The van der Waals surface area contributed by atoms with Crippen LogP contribution in [0.1, 0.15) is 12.8 Å². The summed E-state index contributed by atoms with van der Waals surface area (Å²) in [5.74, 6) is 1.14. The molecule has 0 unspecified atom stereocenters. The fourth-order valence-electron chi connectivity index (χ4n) is 3.37. The number of nitrogens with zero attached hydrogens (tertiary/aromatic N) is 5. The fourth-order valence-corrected chi connectivity index (χ4v) is 3.37. The summed E-state index contributed by atoms with van der Waals surface area (Å²) >= 11 is 0. The number of alkyl halides is 1. The minimum absolute atomic E-state index is 0.0247. The SMILES string of the molecule is CN(C)c1nccc(N2C[C@@H](F)C[C@H]2CN(C)[C@H]2CCOC2=O)n1. The van der Waals surface area contributed by atoms with E-state index in [-0.39, 0.29) is 18.1 Å². The maximum absolute atomic E-state index is 14.1. The number of hydrogen-bond acceptors (Lipinski definition) is 7. The molecular weight excluding hydrogens is 313 g/mol. The van der Waals surface area contributed by atoms with Gasteiger partial charge in [-0.05, 0) is 13.1 Å². The van der Waals surface area contributed by atoms with Gasteiger partial charge in [0.15, 0.2) is 0 Å². The standard InChI is InChI=1S/C16H24FN5O2/c1-20(2)16-18-6-4-14(19-16)22-9-11(17)8-12(22)10-21(3)13-5-7-24-15(13)23/h4,6,11-13H,5,7-10H2,1-3H3/t11-,12-,13-/m0/s1. The summed E-state index contributed by atoms with van der Waals surface area (Å²) in [6.45, 7) is 1.38. The highest BCUT2D eigenvalue weighted by atomic mass is 19.1. The smallest absolute Gasteiger partial charge is 0.323 e. The molecule has 3 heterocycles. The lowest BCUT2D eigenvalue weighted by Crippen LogP contribution is -2.44. The van der Waals surface area contributed by atoms with Crippen molar-refractivity contribution in [3.63, 3.8) is 0 Å². The normalized spacial score (nSPS) is 27.0. The largest absolute Gasteiger partial charge is 0.464 e. The number of cyclic esters (lactones) is 1. The summed E-state index contributed by atoms with van der Waals surface area (Å²) in [7, 11) is 5.64. The Morgan fingerprint density at radius 3 is 2.88 bits per heavy atom. The molecule has 0 amide bonds. The van der Waals surface area contributed by atoms with Gasteiger partial charge < -0.3 is 14.5 Å². The molecule has 1 aromatic heterocycles. The molecule has 24 heavy (non-hydrogen) atoms. The first-order valence-corrected chi connectivity index (χ1v) is 8.23. The fraction of sp³-hybridized carbons (Fsp3) is 0.688. The molecule has 0 spiro atoms. The van der Waals surface area contributed by atoms with Crippen LogP contribution in [0.15, 0.2) is 12.3 Å². The van der Waals surface area contributed by atoms with Crippen LogP contribution in [0.2, 0.25) is 0 Å². The Balaban J connectivity index is 1.74. The number of halogens is 1. The van der Waals surface area contributed by atoms with Gasteiger partial charge >= 0.3 is 5.97 Å². The summed E-state index contributed by atoms with van der Waals surface area (Å²) in [4.78, 5) is 26.3. The Bertz CT molecular complexity index is 600. The Labute approximate surface area is 141 Å². The highest BCUT2D eigenvalue weighted by Gasteiger charge is 2.37. The molecule has 2 aliphatic rings. The number of anilines is 2. The van der Waals surface area contributed by atoms with Crippen LogP contribution in [0.5, 0.6) is 0 Å². The quantitative estimate of drug-likeness (QED) is 0.733.